The highest BCUT2D eigenvalue weighted by atomic mass is 32.2. The Kier molecular flexibility index (Phi) is 14.3. The molecule has 19 heavy (non-hydrogen) atoms. The van der Waals surface area contributed by atoms with Crippen molar-refractivity contribution in [3.8, 4) is 0 Å². The molecule has 0 amide bonds. The standard InChI is InChI=1S/C12H22OS6/c1-14-9(11(16-3)17-4)7-13-8-10(15-2)12(18-5)19-6/h7-8H2,1-6H3. The number of hydrogen-bond acceptors (Lipinski definition) is 7. The van der Waals surface area contributed by atoms with Gasteiger partial charge in [-0.05, 0) is 37.5 Å². The quantitative estimate of drug-likeness (QED) is 0.491. The third-order valence-electron chi connectivity index (χ3n) is 2.16. The molecule has 0 bridgehead atoms. The summed E-state index contributed by atoms with van der Waals surface area (Å²) in [5.41, 5.74) is 0. The van der Waals surface area contributed by atoms with Gasteiger partial charge >= 0.3 is 0 Å². The molecule has 0 atom stereocenters. The van der Waals surface area contributed by atoms with Crippen molar-refractivity contribution in [3.05, 3.63) is 18.3 Å². The van der Waals surface area contributed by atoms with Gasteiger partial charge in [0, 0.05) is 9.81 Å². The van der Waals surface area contributed by atoms with Crippen molar-refractivity contribution in [1.29, 1.82) is 0 Å². The predicted octanol–water partition coefficient (Wildman–Crippen LogP) is 5.52. The summed E-state index contributed by atoms with van der Waals surface area (Å²) in [7, 11) is 0. The minimum atomic E-state index is 0.707. The third kappa shape index (κ3) is 7.93. The van der Waals surface area contributed by atoms with Gasteiger partial charge in [-0.15, -0.1) is 70.6 Å². The molecule has 0 aliphatic carbocycles. The van der Waals surface area contributed by atoms with E-state index in [0.29, 0.717) is 13.2 Å². The molecule has 0 radical (unpaired) electrons. The molecule has 112 valence electrons. The fraction of sp³-hybridized carbons (Fsp3) is 0.667. The maximum atomic E-state index is 5.90. The highest BCUT2D eigenvalue weighted by molar-refractivity contribution is 8.23. The number of rotatable bonds is 10. The van der Waals surface area contributed by atoms with Crippen LogP contribution >= 0.6 is 70.6 Å². The molecule has 0 aromatic carbocycles. The van der Waals surface area contributed by atoms with Crippen LogP contribution in [0.4, 0.5) is 0 Å². The zero-order chi connectivity index (χ0) is 14.7. The van der Waals surface area contributed by atoms with Gasteiger partial charge in [0.15, 0.2) is 0 Å². The Labute approximate surface area is 143 Å². The van der Waals surface area contributed by atoms with E-state index in [1.54, 1.807) is 70.6 Å². The summed E-state index contributed by atoms with van der Waals surface area (Å²) < 4.78 is 8.62. The van der Waals surface area contributed by atoms with Crippen molar-refractivity contribution in [1.82, 2.24) is 0 Å². The maximum absolute atomic E-state index is 5.90. The lowest BCUT2D eigenvalue weighted by molar-refractivity contribution is 0.190. The van der Waals surface area contributed by atoms with Crippen molar-refractivity contribution in [2.45, 2.75) is 0 Å². The fourth-order valence-corrected chi connectivity index (χ4v) is 6.48. The van der Waals surface area contributed by atoms with Gasteiger partial charge in [-0.25, -0.2) is 0 Å². The molecule has 0 saturated heterocycles. The van der Waals surface area contributed by atoms with Gasteiger partial charge in [-0.3, -0.25) is 0 Å². The first-order chi connectivity index (χ1) is 9.18. The highest BCUT2D eigenvalue weighted by Crippen LogP contribution is 2.34. The normalized spacial score (nSPS) is 10.4. The van der Waals surface area contributed by atoms with Crippen LogP contribution in [0.2, 0.25) is 0 Å². The van der Waals surface area contributed by atoms with E-state index in [-0.39, 0.29) is 0 Å². The van der Waals surface area contributed by atoms with Crippen LogP contribution in [0.5, 0.6) is 0 Å². The zero-order valence-electron chi connectivity index (χ0n) is 12.3. The van der Waals surface area contributed by atoms with E-state index in [1.807, 2.05) is 0 Å². The molecule has 7 heteroatoms. The van der Waals surface area contributed by atoms with Gasteiger partial charge in [0.2, 0.25) is 0 Å². The molecule has 0 N–H and O–H groups in total. The van der Waals surface area contributed by atoms with Gasteiger partial charge in [0.25, 0.3) is 0 Å². The molecule has 0 heterocycles. The Hall–Kier alpha value is 1.54. The molecule has 0 unspecified atom stereocenters. The average molecular weight is 375 g/mol. The Morgan fingerprint density at radius 1 is 0.579 bits per heavy atom. The summed E-state index contributed by atoms with van der Waals surface area (Å²) in [6.07, 6.45) is 12.7. The second-order valence-corrected chi connectivity index (χ2v) is 8.72. The first-order valence-corrected chi connectivity index (χ1v) is 12.8. The Balaban J connectivity index is 4.56. The Morgan fingerprint density at radius 3 is 1.11 bits per heavy atom. The van der Waals surface area contributed by atoms with E-state index in [0.717, 1.165) is 0 Å². The zero-order valence-corrected chi connectivity index (χ0v) is 17.2. The summed E-state index contributed by atoms with van der Waals surface area (Å²) in [5, 5.41) is 0. The summed E-state index contributed by atoms with van der Waals surface area (Å²) in [5.74, 6) is 0. The fourth-order valence-electron chi connectivity index (χ4n) is 1.26. The topological polar surface area (TPSA) is 9.23 Å². The molecular weight excluding hydrogens is 353 g/mol. The van der Waals surface area contributed by atoms with Gasteiger partial charge in [-0.1, -0.05) is 0 Å². The second kappa shape index (κ2) is 13.2. The maximum Gasteiger partial charge on any atom is 0.0796 e. The molecule has 0 fully saturated rings. The summed E-state index contributed by atoms with van der Waals surface area (Å²) >= 11 is 10.8. The Bertz CT molecular complexity index is 271. The van der Waals surface area contributed by atoms with Gasteiger partial charge in [-0.2, -0.15) is 0 Å². The monoisotopic (exact) mass is 374 g/mol. The van der Waals surface area contributed by atoms with Gasteiger partial charge in [0.1, 0.15) is 0 Å². The number of thioether (sulfide) groups is 6. The van der Waals surface area contributed by atoms with Gasteiger partial charge in [0.05, 0.1) is 21.7 Å². The smallest absolute Gasteiger partial charge is 0.0796 e. The first-order valence-electron chi connectivity index (χ1n) is 5.46. The lowest BCUT2D eigenvalue weighted by Crippen LogP contribution is -2.01. The molecule has 0 aliphatic rings. The van der Waals surface area contributed by atoms with Gasteiger partial charge < -0.3 is 4.74 Å². The minimum absolute atomic E-state index is 0.707. The minimum Gasteiger partial charge on any atom is -0.371 e. The lowest BCUT2D eigenvalue weighted by Gasteiger charge is -2.13. The average Bonchev–Trinajstić information content (AvgIpc) is 2.45. The number of hydrogen-bond donors (Lipinski definition) is 0. The van der Waals surface area contributed by atoms with E-state index in [2.05, 4.69) is 37.5 Å². The SMILES string of the molecule is CSC(COCC(SC)=C(SC)SC)=C(SC)SC. The van der Waals surface area contributed by atoms with Crippen molar-refractivity contribution in [2.75, 3.05) is 50.7 Å². The predicted molar refractivity (Wildman–Crippen MR) is 106 cm³/mol. The van der Waals surface area contributed by atoms with E-state index < -0.39 is 0 Å². The van der Waals surface area contributed by atoms with E-state index in [4.69, 9.17) is 4.74 Å². The molecular formula is C12H22OS6. The molecule has 0 saturated carbocycles. The number of ether oxygens (including phenoxy) is 1. The van der Waals surface area contributed by atoms with Crippen molar-refractivity contribution < 1.29 is 4.74 Å². The van der Waals surface area contributed by atoms with Crippen molar-refractivity contribution >= 4 is 70.6 Å². The van der Waals surface area contributed by atoms with Crippen LogP contribution in [0.25, 0.3) is 0 Å². The molecule has 0 aromatic heterocycles. The van der Waals surface area contributed by atoms with E-state index in [1.165, 1.54) is 18.3 Å². The van der Waals surface area contributed by atoms with Crippen LogP contribution in [-0.2, 0) is 4.74 Å². The van der Waals surface area contributed by atoms with E-state index in [9.17, 15) is 0 Å². The van der Waals surface area contributed by atoms with E-state index >= 15 is 0 Å². The lowest BCUT2D eigenvalue weighted by atomic mass is 10.6. The molecule has 0 aliphatic heterocycles. The molecule has 0 aromatic rings. The molecule has 0 spiro atoms. The molecule has 1 nitrogen and oxygen atoms in total. The summed E-state index contributed by atoms with van der Waals surface area (Å²) in [6.45, 7) is 1.41. The summed E-state index contributed by atoms with van der Waals surface area (Å²) in [6, 6.07) is 0. The third-order valence-corrected chi connectivity index (χ3v) is 8.77. The van der Waals surface area contributed by atoms with Crippen LogP contribution in [0.3, 0.4) is 0 Å². The Morgan fingerprint density at radius 2 is 0.895 bits per heavy atom. The van der Waals surface area contributed by atoms with Crippen LogP contribution in [-0.4, -0.2) is 50.7 Å². The largest absolute Gasteiger partial charge is 0.371 e. The van der Waals surface area contributed by atoms with Crippen LogP contribution in [0.1, 0.15) is 0 Å². The van der Waals surface area contributed by atoms with Crippen LogP contribution in [0.15, 0.2) is 18.3 Å². The van der Waals surface area contributed by atoms with Crippen molar-refractivity contribution in [2.24, 2.45) is 0 Å². The summed E-state index contributed by atoms with van der Waals surface area (Å²) in [4.78, 5) is 2.66. The van der Waals surface area contributed by atoms with Crippen LogP contribution < -0.4 is 0 Å². The second-order valence-electron chi connectivity index (χ2n) is 3.14. The highest BCUT2D eigenvalue weighted by Gasteiger charge is 2.08. The van der Waals surface area contributed by atoms with Crippen molar-refractivity contribution in [3.63, 3.8) is 0 Å². The van der Waals surface area contributed by atoms with Crippen LogP contribution in [0, 0.1) is 0 Å². The molecule has 0 rings (SSSR count). The first kappa shape index (κ1) is 20.5.